The van der Waals surface area contributed by atoms with Gasteiger partial charge < -0.3 is 20.5 Å². The molecule has 1 fully saturated rings. The highest BCUT2D eigenvalue weighted by Crippen LogP contribution is 2.26. The van der Waals surface area contributed by atoms with Crippen LogP contribution in [0.1, 0.15) is 17.4 Å². The van der Waals surface area contributed by atoms with Crippen LogP contribution >= 0.6 is 22.9 Å². The summed E-state index contributed by atoms with van der Waals surface area (Å²) in [6, 6.07) is 3.49. The number of halogens is 1. The topological polar surface area (TPSA) is 70.6 Å². The van der Waals surface area contributed by atoms with Crippen LogP contribution in [0, 0.1) is 0 Å². The standard InChI is InChI=1S/C12H17ClN2O3S/c13-11-2-1-10(19-11)9(16)7-15-12(17)5-8-6-14-3-4-18-8/h1-2,8-9,14,16H,3-7H2,(H,15,17). The van der Waals surface area contributed by atoms with Crippen LogP contribution in [0.5, 0.6) is 0 Å². The van der Waals surface area contributed by atoms with Gasteiger partial charge in [-0.15, -0.1) is 11.3 Å². The first-order valence-corrected chi connectivity index (χ1v) is 7.37. The predicted molar refractivity (Wildman–Crippen MR) is 74.5 cm³/mol. The smallest absolute Gasteiger partial charge is 0.222 e. The summed E-state index contributed by atoms with van der Waals surface area (Å²) < 4.78 is 6.07. The lowest BCUT2D eigenvalue weighted by Crippen LogP contribution is -2.41. The van der Waals surface area contributed by atoms with E-state index in [1.807, 2.05) is 0 Å². The van der Waals surface area contributed by atoms with E-state index in [1.165, 1.54) is 11.3 Å². The summed E-state index contributed by atoms with van der Waals surface area (Å²) in [7, 11) is 0. The lowest BCUT2D eigenvalue weighted by atomic mass is 10.2. The molecule has 7 heteroatoms. The van der Waals surface area contributed by atoms with Crippen molar-refractivity contribution in [2.45, 2.75) is 18.6 Å². The molecule has 0 radical (unpaired) electrons. The number of carbonyl (C=O) groups excluding carboxylic acids is 1. The molecule has 1 aliphatic heterocycles. The summed E-state index contributed by atoms with van der Waals surface area (Å²) in [6.07, 6.45) is -0.487. The minimum atomic E-state index is -0.716. The van der Waals surface area contributed by atoms with Gasteiger partial charge in [-0.3, -0.25) is 4.79 Å². The maximum absolute atomic E-state index is 11.7. The molecule has 5 nitrogen and oxygen atoms in total. The highest BCUT2D eigenvalue weighted by Gasteiger charge is 2.18. The molecule has 0 aliphatic carbocycles. The van der Waals surface area contributed by atoms with Crippen LogP contribution in [0.2, 0.25) is 4.34 Å². The van der Waals surface area contributed by atoms with E-state index in [1.54, 1.807) is 12.1 Å². The third-order valence-electron chi connectivity index (χ3n) is 2.83. The lowest BCUT2D eigenvalue weighted by molar-refractivity contribution is -0.124. The molecule has 2 atom stereocenters. The molecule has 2 rings (SSSR count). The summed E-state index contributed by atoms with van der Waals surface area (Å²) in [5.74, 6) is -0.115. The zero-order chi connectivity index (χ0) is 13.7. The van der Waals surface area contributed by atoms with E-state index in [2.05, 4.69) is 10.6 Å². The van der Waals surface area contributed by atoms with Gasteiger partial charge in [0.2, 0.25) is 5.91 Å². The van der Waals surface area contributed by atoms with E-state index in [-0.39, 0.29) is 18.6 Å². The fraction of sp³-hybridized carbons (Fsp3) is 0.583. The third kappa shape index (κ3) is 4.74. The fourth-order valence-electron chi connectivity index (χ4n) is 1.85. The normalized spacial score (nSPS) is 21.1. The quantitative estimate of drug-likeness (QED) is 0.757. The second-order valence-corrected chi connectivity index (χ2v) is 6.11. The minimum absolute atomic E-state index is 0.0814. The summed E-state index contributed by atoms with van der Waals surface area (Å²) in [5, 5.41) is 15.8. The van der Waals surface area contributed by atoms with Gasteiger partial charge in [-0.1, -0.05) is 11.6 Å². The number of aliphatic hydroxyl groups is 1. The number of amides is 1. The third-order valence-corrected chi connectivity index (χ3v) is 4.16. The molecule has 0 spiro atoms. The van der Waals surface area contributed by atoms with Crippen LogP contribution in [-0.2, 0) is 9.53 Å². The minimum Gasteiger partial charge on any atom is -0.386 e. The molecule has 0 aromatic carbocycles. The Morgan fingerprint density at radius 1 is 1.68 bits per heavy atom. The summed E-state index contributed by atoms with van der Waals surface area (Å²) >= 11 is 7.11. The molecule has 1 aliphatic rings. The number of aliphatic hydroxyl groups excluding tert-OH is 1. The monoisotopic (exact) mass is 304 g/mol. The van der Waals surface area contributed by atoms with Gasteiger partial charge in [-0.25, -0.2) is 0 Å². The first kappa shape index (κ1) is 14.7. The molecular weight excluding hydrogens is 288 g/mol. The lowest BCUT2D eigenvalue weighted by Gasteiger charge is -2.23. The van der Waals surface area contributed by atoms with E-state index in [4.69, 9.17) is 16.3 Å². The Morgan fingerprint density at radius 2 is 2.53 bits per heavy atom. The molecule has 19 heavy (non-hydrogen) atoms. The van der Waals surface area contributed by atoms with Crippen molar-refractivity contribution in [3.8, 4) is 0 Å². The Labute approximate surface area is 120 Å². The summed E-state index contributed by atoms with van der Waals surface area (Å²) in [4.78, 5) is 12.5. The van der Waals surface area contributed by atoms with Crippen molar-refractivity contribution in [2.24, 2.45) is 0 Å². The van der Waals surface area contributed by atoms with Crippen LogP contribution in [0.3, 0.4) is 0 Å². The van der Waals surface area contributed by atoms with Crippen molar-refractivity contribution in [1.82, 2.24) is 10.6 Å². The number of thiophene rings is 1. The Bertz CT molecular complexity index is 421. The van der Waals surface area contributed by atoms with Crippen molar-refractivity contribution in [2.75, 3.05) is 26.2 Å². The molecular formula is C12H17ClN2O3S. The number of hydrogen-bond donors (Lipinski definition) is 3. The maximum Gasteiger partial charge on any atom is 0.222 e. The van der Waals surface area contributed by atoms with Gasteiger partial charge in [0.05, 0.1) is 23.5 Å². The van der Waals surface area contributed by atoms with Crippen molar-refractivity contribution >= 4 is 28.8 Å². The number of hydrogen-bond acceptors (Lipinski definition) is 5. The van der Waals surface area contributed by atoms with E-state index in [0.29, 0.717) is 23.9 Å². The molecule has 2 heterocycles. The first-order valence-electron chi connectivity index (χ1n) is 6.17. The predicted octanol–water partition coefficient (Wildman–Crippen LogP) is 0.930. The summed E-state index contributed by atoms with van der Waals surface area (Å²) in [5.41, 5.74) is 0. The second-order valence-electron chi connectivity index (χ2n) is 4.36. The second kappa shape index (κ2) is 7.21. The van der Waals surface area contributed by atoms with Crippen molar-refractivity contribution < 1.29 is 14.6 Å². The molecule has 1 amide bonds. The van der Waals surface area contributed by atoms with Gasteiger partial charge in [-0.05, 0) is 12.1 Å². The Balaban J connectivity index is 1.70. The van der Waals surface area contributed by atoms with Crippen LogP contribution in [0.15, 0.2) is 12.1 Å². The number of rotatable bonds is 5. The largest absolute Gasteiger partial charge is 0.386 e. The number of morpholine rings is 1. The first-order chi connectivity index (χ1) is 9.15. The fourth-order valence-corrected chi connectivity index (χ4v) is 2.90. The van der Waals surface area contributed by atoms with Gasteiger partial charge in [0.1, 0.15) is 6.10 Å². The van der Waals surface area contributed by atoms with E-state index >= 15 is 0 Å². The SMILES string of the molecule is O=C(CC1CNCCO1)NCC(O)c1ccc(Cl)s1. The zero-order valence-corrected chi connectivity index (χ0v) is 12.0. The number of carbonyl (C=O) groups is 1. The van der Waals surface area contributed by atoms with Gasteiger partial charge in [-0.2, -0.15) is 0 Å². The van der Waals surface area contributed by atoms with Crippen LogP contribution in [0.4, 0.5) is 0 Å². The van der Waals surface area contributed by atoms with Gasteiger partial charge in [0.15, 0.2) is 0 Å². The molecule has 1 saturated heterocycles. The van der Waals surface area contributed by atoms with Gasteiger partial charge in [0, 0.05) is 24.5 Å². The van der Waals surface area contributed by atoms with E-state index in [9.17, 15) is 9.90 Å². The highest BCUT2D eigenvalue weighted by atomic mass is 35.5. The van der Waals surface area contributed by atoms with Crippen LogP contribution in [-0.4, -0.2) is 43.4 Å². The van der Waals surface area contributed by atoms with E-state index < -0.39 is 6.10 Å². The van der Waals surface area contributed by atoms with Crippen molar-refractivity contribution in [3.63, 3.8) is 0 Å². The van der Waals surface area contributed by atoms with Gasteiger partial charge >= 0.3 is 0 Å². The highest BCUT2D eigenvalue weighted by molar-refractivity contribution is 7.16. The van der Waals surface area contributed by atoms with Crippen molar-refractivity contribution in [3.05, 3.63) is 21.3 Å². The molecule has 3 N–H and O–H groups in total. The molecule has 1 aromatic rings. The maximum atomic E-state index is 11.7. The Morgan fingerprint density at radius 3 is 3.16 bits per heavy atom. The number of nitrogens with one attached hydrogen (secondary N) is 2. The molecule has 0 saturated carbocycles. The van der Waals surface area contributed by atoms with Crippen molar-refractivity contribution in [1.29, 1.82) is 0 Å². The van der Waals surface area contributed by atoms with Crippen LogP contribution in [0.25, 0.3) is 0 Å². The van der Waals surface area contributed by atoms with Gasteiger partial charge in [0.25, 0.3) is 0 Å². The average Bonchev–Trinajstić information content (AvgIpc) is 2.84. The van der Waals surface area contributed by atoms with E-state index in [0.717, 1.165) is 11.4 Å². The molecule has 2 unspecified atom stereocenters. The molecule has 106 valence electrons. The Hall–Kier alpha value is -0.660. The number of ether oxygens (including phenoxy) is 1. The Kier molecular flexibility index (Phi) is 5.59. The average molecular weight is 305 g/mol. The summed E-state index contributed by atoms with van der Waals surface area (Å²) in [6.45, 7) is 2.34. The zero-order valence-electron chi connectivity index (χ0n) is 10.4. The molecule has 0 bridgehead atoms. The molecule has 1 aromatic heterocycles. The van der Waals surface area contributed by atoms with Crippen LogP contribution < -0.4 is 10.6 Å².